The summed E-state index contributed by atoms with van der Waals surface area (Å²) in [5, 5.41) is 0. The van der Waals surface area contributed by atoms with Crippen molar-refractivity contribution in [2.24, 2.45) is 5.73 Å². The van der Waals surface area contributed by atoms with E-state index < -0.39 is 0 Å². The second kappa shape index (κ2) is 5.47. The van der Waals surface area contributed by atoms with E-state index in [9.17, 15) is 4.39 Å². The zero-order valence-electron chi connectivity index (χ0n) is 11.9. The largest absolute Gasteiger partial charge is 0.496 e. The Labute approximate surface area is 114 Å². The molecule has 1 saturated carbocycles. The van der Waals surface area contributed by atoms with E-state index in [1.54, 1.807) is 13.2 Å². The smallest absolute Gasteiger partial charge is 0.123 e. The third kappa shape index (κ3) is 2.47. The number of benzene rings is 1. The van der Waals surface area contributed by atoms with Gasteiger partial charge in [0.15, 0.2) is 0 Å². The molecule has 0 aromatic heterocycles. The predicted octanol–water partition coefficient (Wildman–Crippen LogP) is 2.71. The number of halogens is 1. The molecule has 0 heterocycles. The molecule has 0 amide bonds. The second-order valence-corrected chi connectivity index (χ2v) is 5.57. The van der Waals surface area contributed by atoms with Gasteiger partial charge >= 0.3 is 0 Å². The Morgan fingerprint density at radius 2 is 1.95 bits per heavy atom. The maximum atomic E-state index is 13.5. The number of methoxy groups -OCH3 is 1. The van der Waals surface area contributed by atoms with Crippen molar-refractivity contribution in [3.8, 4) is 5.75 Å². The lowest BCUT2D eigenvalue weighted by Crippen LogP contribution is -2.50. The van der Waals surface area contributed by atoms with E-state index >= 15 is 0 Å². The topological polar surface area (TPSA) is 38.5 Å². The molecule has 2 rings (SSSR count). The lowest BCUT2D eigenvalue weighted by molar-refractivity contribution is 0.122. The maximum absolute atomic E-state index is 13.5. The van der Waals surface area contributed by atoms with Crippen LogP contribution in [0.2, 0.25) is 0 Å². The molecule has 4 heteroatoms. The molecule has 0 saturated heterocycles. The van der Waals surface area contributed by atoms with Crippen LogP contribution in [-0.2, 0) is 0 Å². The van der Waals surface area contributed by atoms with Crippen LogP contribution in [0.5, 0.6) is 5.75 Å². The Kier molecular flexibility index (Phi) is 4.11. The molecule has 2 N–H and O–H groups in total. The van der Waals surface area contributed by atoms with Gasteiger partial charge in [-0.15, -0.1) is 0 Å². The molecule has 1 unspecified atom stereocenters. The first kappa shape index (κ1) is 14.3. The first-order valence-corrected chi connectivity index (χ1v) is 6.78. The molecule has 1 aliphatic carbocycles. The van der Waals surface area contributed by atoms with Gasteiger partial charge < -0.3 is 15.4 Å². The Morgan fingerprint density at radius 3 is 2.47 bits per heavy atom. The number of rotatable bonds is 4. The second-order valence-electron chi connectivity index (χ2n) is 5.57. The van der Waals surface area contributed by atoms with E-state index in [-0.39, 0.29) is 17.4 Å². The molecule has 1 aromatic carbocycles. The Bertz CT molecular complexity index is 442. The third-order valence-corrected chi connectivity index (χ3v) is 4.47. The van der Waals surface area contributed by atoms with Gasteiger partial charge in [-0.3, -0.25) is 0 Å². The van der Waals surface area contributed by atoms with Crippen LogP contribution in [0.4, 0.5) is 4.39 Å². The highest BCUT2D eigenvalue weighted by atomic mass is 19.1. The molecule has 0 spiro atoms. The summed E-state index contributed by atoms with van der Waals surface area (Å²) < 4.78 is 18.9. The average molecular weight is 266 g/mol. The highest BCUT2D eigenvalue weighted by Crippen LogP contribution is 2.44. The van der Waals surface area contributed by atoms with E-state index in [0.29, 0.717) is 5.75 Å². The molecule has 0 radical (unpaired) electrons. The fraction of sp³-hybridized carbons (Fsp3) is 0.600. The molecule has 1 atom stereocenters. The van der Waals surface area contributed by atoms with Gasteiger partial charge in [0.1, 0.15) is 11.6 Å². The minimum atomic E-state index is -0.266. The normalized spacial score (nSPS) is 19.7. The third-order valence-electron chi connectivity index (χ3n) is 4.47. The van der Waals surface area contributed by atoms with Crippen molar-refractivity contribution in [2.45, 2.75) is 37.3 Å². The van der Waals surface area contributed by atoms with Gasteiger partial charge in [0.05, 0.1) is 13.2 Å². The molecular weight excluding hydrogens is 243 g/mol. The highest BCUT2D eigenvalue weighted by Gasteiger charge is 2.43. The Hall–Kier alpha value is -1.13. The molecule has 0 aliphatic heterocycles. The first-order valence-electron chi connectivity index (χ1n) is 6.78. The monoisotopic (exact) mass is 266 g/mol. The highest BCUT2D eigenvalue weighted by molar-refractivity contribution is 5.38. The van der Waals surface area contributed by atoms with E-state index in [2.05, 4.69) is 19.0 Å². The Morgan fingerprint density at radius 1 is 1.32 bits per heavy atom. The van der Waals surface area contributed by atoms with Crippen molar-refractivity contribution in [1.29, 1.82) is 0 Å². The van der Waals surface area contributed by atoms with Gasteiger partial charge in [0.25, 0.3) is 0 Å². The minimum absolute atomic E-state index is 0.0962. The maximum Gasteiger partial charge on any atom is 0.123 e. The summed E-state index contributed by atoms with van der Waals surface area (Å²) in [6.07, 6.45) is 4.43. The van der Waals surface area contributed by atoms with Crippen molar-refractivity contribution in [1.82, 2.24) is 4.90 Å². The molecule has 1 fully saturated rings. The van der Waals surface area contributed by atoms with Gasteiger partial charge in [0.2, 0.25) is 0 Å². The van der Waals surface area contributed by atoms with Crippen molar-refractivity contribution >= 4 is 0 Å². The summed E-state index contributed by atoms with van der Waals surface area (Å²) in [5.41, 5.74) is 7.16. The molecule has 106 valence electrons. The van der Waals surface area contributed by atoms with Gasteiger partial charge in [-0.25, -0.2) is 4.39 Å². The zero-order valence-corrected chi connectivity index (χ0v) is 11.9. The number of likely N-dealkylation sites (N-methyl/N-ethyl adjacent to an activating group) is 1. The lowest BCUT2D eigenvalue weighted by Gasteiger charge is -2.42. The van der Waals surface area contributed by atoms with Gasteiger partial charge in [0, 0.05) is 11.1 Å². The van der Waals surface area contributed by atoms with Gasteiger partial charge in [-0.2, -0.15) is 0 Å². The molecule has 0 bridgehead atoms. The van der Waals surface area contributed by atoms with Crippen LogP contribution in [0.25, 0.3) is 0 Å². The van der Waals surface area contributed by atoms with Crippen LogP contribution < -0.4 is 10.5 Å². The fourth-order valence-electron chi connectivity index (χ4n) is 3.26. The predicted molar refractivity (Wildman–Crippen MR) is 74.8 cm³/mol. The van der Waals surface area contributed by atoms with E-state index in [4.69, 9.17) is 10.5 Å². The van der Waals surface area contributed by atoms with Gasteiger partial charge in [-0.1, -0.05) is 12.8 Å². The fourth-order valence-corrected chi connectivity index (χ4v) is 3.26. The van der Waals surface area contributed by atoms with E-state index in [1.165, 1.54) is 25.0 Å². The molecular formula is C15H23FN2O. The summed E-state index contributed by atoms with van der Waals surface area (Å²) in [4.78, 5) is 2.19. The summed E-state index contributed by atoms with van der Waals surface area (Å²) in [6, 6.07) is 4.33. The standard InChI is InChI=1S/C15H23FN2O/c1-18(2)15(8-4-5-9-15)14(17)12-10-11(16)6-7-13(12)19-3/h6-7,10,14H,4-5,8-9,17H2,1-3H3. The SMILES string of the molecule is COc1ccc(F)cc1C(N)C1(N(C)C)CCCC1. The summed E-state index contributed by atoms with van der Waals surface area (Å²) in [6.45, 7) is 0. The summed E-state index contributed by atoms with van der Waals surface area (Å²) >= 11 is 0. The average Bonchev–Trinajstić information content (AvgIpc) is 2.88. The quantitative estimate of drug-likeness (QED) is 0.910. The van der Waals surface area contributed by atoms with Crippen LogP contribution in [0, 0.1) is 5.82 Å². The summed E-state index contributed by atoms with van der Waals surface area (Å²) in [5.74, 6) is 0.403. The van der Waals surface area contributed by atoms with E-state index in [1.807, 2.05) is 0 Å². The molecule has 1 aromatic rings. The molecule has 3 nitrogen and oxygen atoms in total. The van der Waals surface area contributed by atoms with Crippen LogP contribution in [-0.4, -0.2) is 31.6 Å². The molecule has 19 heavy (non-hydrogen) atoms. The lowest BCUT2D eigenvalue weighted by atomic mass is 9.82. The van der Waals surface area contributed by atoms with Crippen molar-refractivity contribution in [2.75, 3.05) is 21.2 Å². The van der Waals surface area contributed by atoms with Crippen LogP contribution in [0.1, 0.15) is 37.3 Å². The molecule has 1 aliphatic rings. The van der Waals surface area contributed by atoms with Crippen molar-refractivity contribution in [3.05, 3.63) is 29.6 Å². The van der Waals surface area contributed by atoms with Crippen molar-refractivity contribution in [3.63, 3.8) is 0 Å². The number of hydrogen-bond donors (Lipinski definition) is 1. The number of hydrogen-bond acceptors (Lipinski definition) is 3. The minimum Gasteiger partial charge on any atom is -0.496 e. The number of ether oxygens (including phenoxy) is 1. The summed E-state index contributed by atoms with van der Waals surface area (Å²) in [7, 11) is 5.70. The number of nitrogens with two attached hydrogens (primary N) is 1. The number of nitrogens with zero attached hydrogens (tertiary/aromatic N) is 1. The Balaban J connectivity index is 2.42. The van der Waals surface area contributed by atoms with E-state index in [0.717, 1.165) is 18.4 Å². The first-order chi connectivity index (χ1) is 9.01. The van der Waals surface area contributed by atoms with Crippen LogP contribution >= 0.6 is 0 Å². The van der Waals surface area contributed by atoms with Crippen molar-refractivity contribution < 1.29 is 9.13 Å². The van der Waals surface area contributed by atoms with Crippen LogP contribution in [0.15, 0.2) is 18.2 Å². The van der Waals surface area contributed by atoms with Gasteiger partial charge in [-0.05, 0) is 45.1 Å². The van der Waals surface area contributed by atoms with Crippen LogP contribution in [0.3, 0.4) is 0 Å². The zero-order chi connectivity index (χ0) is 14.0.